The van der Waals surface area contributed by atoms with Crippen LogP contribution in [0.25, 0.3) is 11.0 Å². The highest BCUT2D eigenvalue weighted by molar-refractivity contribution is 5.99. The first-order valence-corrected chi connectivity index (χ1v) is 13.3. The second kappa shape index (κ2) is 15.4. The van der Waals surface area contributed by atoms with Gasteiger partial charge in [-0.15, -0.1) is 0 Å². The van der Waals surface area contributed by atoms with Crippen molar-refractivity contribution in [1.29, 1.82) is 0 Å². The first kappa shape index (κ1) is 32.0. The molecule has 0 aliphatic heterocycles. The van der Waals surface area contributed by atoms with Crippen LogP contribution in [0.3, 0.4) is 0 Å². The van der Waals surface area contributed by atoms with Crippen molar-refractivity contribution in [3.05, 3.63) is 40.2 Å². The van der Waals surface area contributed by atoms with E-state index in [1.54, 1.807) is 19.1 Å². The van der Waals surface area contributed by atoms with Crippen molar-refractivity contribution in [3.63, 3.8) is 0 Å². The molecule has 0 aliphatic carbocycles. The van der Waals surface area contributed by atoms with E-state index in [2.05, 4.69) is 26.6 Å². The number of aryl methyl sites for hydroxylation is 1. The predicted octanol–water partition coefficient (Wildman–Crippen LogP) is 1.50. The van der Waals surface area contributed by atoms with Crippen molar-refractivity contribution in [2.45, 2.75) is 72.4 Å². The molecule has 0 spiro atoms. The molecule has 12 nitrogen and oxygen atoms in total. The summed E-state index contributed by atoms with van der Waals surface area (Å²) < 4.78 is 5.24. The van der Waals surface area contributed by atoms with Crippen molar-refractivity contribution >= 4 is 46.2 Å². The number of nitrogens with one attached hydrogen (secondary N) is 5. The highest BCUT2D eigenvalue weighted by Crippen LogP contribution is 2.21. The molecule has 0 saturated carbocycles. The zero-order chi connectivity index (χ0) is 29.8. The summed E-state index contributed by atoms with van der Waals surface area (Å²) in [5.41, 5.74) is 0.930. The Morgan fingerprint density at radius 2 is 1.60 bits per heavy atom. The van der Waals surface area contributed by atoms with Gasteiger partial charge in [-0.05, 0) is 56.2 Å². The number of hydrogen-bond acceptors (Lipinski definition) is 7. The molecule has 40 heavy (non-hydrogen) atoms. The number of carbonyl (C=O) groups excluding carboxylic acids is 5. The van der Waals surface area contributed by atoms with Gasteiger partial charge in [-0.25, -0.2) is 4.79 Å². The molecule has 2 aromatic rings. The summed E-state index contributed by atoms with van der Waals surface area (Å²) in [4.78, 5) is 72.8. The zero-order valence-electron chi connectivity index (χ0n) is 23.6. The van der Waals surface area contributed by atoms with E-state index in [9.17, 15) is 28.8 Å². The Kier molecular flexibility index (Phi) is 12.3. The van der Waals surface area contributed by atoms with Gasteiger partial charge in [0, 0.05) is 43.6 Å². The molecule has 12 heteroatoms. The van der Waals surface area contributed by atoms with Gasteiger partial charge in [0.1, 0.15) is 17.7 Å². The number of rotatable bonds is 14. The van der Waals surface area contributed by atoms with Gasteiger partial charge in [0.2, 0.25) is 29.5 Å². The van der Waals surface area contributed by atoms with Crippen molar-refractivity contribution in [3.8, 4) is 0 Å². The van der Waals surface area contributed by atoms with Gasteiger partial charge in [-0.3, -0.25) is 24.0 Å². The fourth-order valence-electron chi connectivity index (χ4n) is 4.12. The highest BCUT2D eigenvalue weighted by atomic mass is 16.4. The van der Waals surface area contributed by atoms with E-state index in [0.717, 1.165) is 10.9 Å². The van der Waals surface area contributed by atoms with Crippen LogP contribution in [-0.4, -0.2) is 54.7 Å². The summed E-state index contributed by atoms with van der Waals surface area (Å²) in [7, 11) is 0. The first-order chi connectivity index (χ1) is 18.8. The first-order valence-electron chi connectivity index (χ1n) is 13.3. The van der Waals surface area contributed by atoms with E-state index in [-0.39, 0.29) is 30.7 Å². The number of anilines is 1. The molecule has 2 atom stereocenters. The van der Waals surface area contributed by atoms with Crippen molar-refractivity contribution in [2.75, 3.05) is 18.4 Å². The van der Waals surface area contributed by atoms with E-state index in [1.165, 1.54) is 26.0 Å². The minimum absolute atomic E-state index is 0.133. The van der Waals surface area contributed by atoms with Crippen LogP contribution in [0.4, 0.5) is 5.69 Å². The largest absolute Gasteiger partial charge is 0.423 e. The van der Waals surface area contributed by atoms with E-state index in [0.29, 0.717) is 37.1 Å². The molecule has 2 unspecified atom stereocenters. The molecule has 1 aromatic carbocycles. The van der Waals surface area contributed by atoms with Crippen LogP contribution in [0, 0.1) is 12.8 Å². The van der Waals surface area contributed by atoms with Gasteiger partial charge in [0.25, 0.3) is 0 Å². The summed E-state index contributed by atoms with van der Waals surface area (Å²) in [5, 5.41) is 13.9. The third-order valence-corrected chi connectivity index (χ3v) is 5.99. The second-order valence-corrected chi connectivity index (χ2v) is 10.1. The third kappa shape index (κ3) is 10.9. The van der Waals surface area contributed by atoms with Crippen LogP contribution in [0.15, 0.2) is 33.5 Å². The summed E-state index contributed by atoms with van der Waals surface area (Å²) in [6.07, 6.45) is 1.78. The molecule has 5 amide bonds. The molecule has 5 N–H and O–H groups in total. The summed E-state index contributed by atoms with van der Waals surface area (Å²) in [5.74, 6) is -1.96. The van der Waals surface area contributed by atoms with Crippen LogP contribution in [0.2, 0.25) is 0 Å². The quantitative estimate of drug-likeness (QED) is 0.173. The zero-order valence-corrected chi connectivity index (χ0v) is 23.6. The molecule has 0 radical (unpaired) electrons. The molecule has 0 fully saturated rings. The third-order valence-electron chi connectivity index (χ3n) is 5.99. The van der Waals surface area contributed by atoms with Crippen LogP contribution in [0.5, 0.6) is 0 Å². The maximum atomic E-state index is 13.2. The molecule has 1 heterocycles. The van der Waals surface area contributed by atoms with Crippen LogP contribution < -0.4 is 32.2 Å². The molecule has 0 saturated heterocycles. The van der Waals surface area contributed by atoms with Crippen LogP contribution >= 0.6 is 0 Å². The molecule has 218 valence electrons. The number of carbonyl (C=O) groups is 5. The van der Waals surface area contributed by atoms with Crippen molar-refractivity contribution < 1.29 is 28.4 Å². The van der Waals surface area contributed by atoms with Gasteiger partial charge in [-0.2, -0.15) is 0 Å². The Balaban J connectivity index is 2.08. The molecular weight excluding hydrogens is 518 g/mol. The summed E-state index contributed by atoms with van der Waals surface area (Å²) in [6.45, 7) is 8.37. The second-order valence-electron chi connectivity index (χ2n) is 10.1. The fraction of sp³-hybridized carbons (Fsp3) is 0.500. The normalized spacial score (nSPS) is 12.3. The average molecular weight is 558 g/mol. The van der Waals surface area contributed by atoms with Gasteiger partial charge >= 0.3 is 5.63 Å². The Labute approximate surface area is 233 Å². The number of unbranched alkanes of at least 4 members (excludes halogenated alkanes) is 1. The lowest BCUT2D eigenvalue weighted by molar-refractivity contribution is -0.130. The SMILES string of the molecule is CC(=O)NCCCCC(NC(=O)CNC(=O)C(CC(C)C)NC(C)=O)C(=O)Nc1ccc2c(C)cc(=O)oc2c1. The van der Waals surface area contributed by atoms with Gasteiger partial charge in [0.05, 0.1) is 6.54 Å². The van der Waals surface area contributed by atoms with Crippen molar-refractivity contribution in [1.82, 2.24) is 21.3 Å². The van der Waals surface area contributed by atoms with E-state index < -0.39 is 35.4 Å². The minimum Gasteiger partial charge on any atom is -0.423 e. The molecule has 0 aliphatic rings. The highest BCUT2D eigenvalue weighted by Gasteiger charge is 2.24. The molecular formula is C28H39N5O7. The maximum absolute atomic E-state index is 13.2. The van der Waals surface area contributed by atoms with Gasteiger partial charge in [-0.1, -0.05) is 13.8 Å². The Morgan fingerprint density at radius 1 is 0.875 bits per heavy atom. The summed E-state index contributed by atoms with van der Waals surface area (Å²) in [6, 6.07) is 4.59. The molecule has 1 aromatic heterocycles. The predicted molar refractivity (Wildman–Crippen MR) is 150 cm³/mol. The Morgan fingerprint density at radius 3 is 2.25 bits per heavy atom. The summed E-state index contributed by atoms with van der Waals surface area (Å²) >= 11 is 0. The average Bonchev–Trinajstić information content (AvgIpc) is 2.84. The van der Waals surface area contributed by atoms with E-state index in [4.69, 9.17) is 4.42 Å². The van der Waals surface area contributed by atoms with Gasteiger partial charge < -0.3 is 31.0 Å². The monoisotopic (exact) mass is 557 g/mol. The van der Waals surface area contributed by atoms with Crippen LogP contribution in [0.1, 0.15) is 58.9 Å². The lowest BCUT2D eigenvalue weighted by Gasteiger charge is -2.21. The topological polar surface area (TPSA) is 176 Å². The molecule has 2 rings (SSSR count). The number of benzene rings is 1. The Hall–Kier alpha value is -4.22. The minimum atomic E-state index is -0.941. The Bertz CT molecular complexity index is 1290. The van der Waals surface area contributed by atoms with E-state index in [1.807, 2.05) is 13.8 Å². The van der Waals surface area contributed by atoms with Crippen LogP contribution in [-0.2, 0) is 24.0 Å². The smallest absolute Gasteiger partial charge is 0.336 e. The number of fused-ring (bicyclic) bond motifs is 1. The number of hydrogen-bond donors (Lipinski definition) is 5. The number of amides is 5. The fourth-order valence-corrected chi connectivity index (χ4v) is 4.12. The lowest BCUT2D eigenvalue weighted by Crippen LogP contribution is -2.51. The molecule has 0 bridgehead atoms. The van der Waals surface area contributed by atoms with Crippen molar-refractivity contribution in [2.24, 2.45) is 5.92 Å². The standard InChI is InChI=1S/C28H39N5O7/c1-16(2)12-23(31-19(5)35)27(38)30-15-25(36)33-22(8-6-7-11-29-18(4)34)28(39)32-20-9-10-21-17(3)13-26(37)40-24(21)14-20/h9-10,13-14,16,22-23H,6-8,11-12,15H2,1-5H3,(H,29,34)(H,30,38)(H,31,35)(H,32,39)(H,33,36). The lowest BCUT2D eigenvalue weighted by atomic mass is 10.0. The maximum Gasteiger partial charge on any atom is 0.336 e. The van der Waals surface area contributed by atoms with E-state index >= 15 is 0 Å². The van der Waals surface area contributed by atoms with Gasteiger partial charge in [0.15, 0.2) is 0 Å².